The minimum Gasteiger partial charge on any atom is -0.488 e. The van der Waals surface area contributed by atoms with E-state index in [1.165, 1.54) is 7.11 Å². The van der Waals surface area contributed by atoms with Crippen LogP contribution >= 0.6 is 0 Å². The van der Waals surface area contributed by atoms with Gasteiger partial charge in [0, 0.05) is 30.2 Å². The molecule has 8 nitrogen and oxygen atoms in total. The number of carbonyl (C=O) groups is 2. The minimum absolute atomic E-state index is 0.111. The number of aromatic amines is 1. The predicted molar refractivity (Wildman–Crippen MR) is 94.0 cm³/mol. The molecule has 0 saturated carbocycles. The largest absolute Gasteiger partial charge is 0.488 e. The van der Waals surface area contributed by atoms with E-state index in [0.29, 0.717) is 24.4 Å². The van der Waals surface area contributed by atoms with Gasteiger partial charge in [-0.1, -0.05) is 12.1 Å². The molecule has 1 amide bonds. The molecular weight excluding hydrogens is 338 g/mol. The van der Waals surface area contributed by atoms with Crippen molar-refractivity contribution >= 4 is 17.7 Å². The van der Waals surface area contributed by atoms with Crippen LogP contribution in [-0.2, 0) is 27.2 Å². The number of H-pyrrole nitrogens is 1. The Bertz CT molecular complexity index is 771. The first-order valence-electron chi connectivity index (χ1n) is 8.23. The average molecular weight is 359 g/mol. The summed E-state index contributed by atoms with van der Waals surface area (Å²) in [5.74, 6) is 0.186. The monoisotopic (exact) mass is 359 g/mol. The quantitative estimate of drug-likeness (QED) is 0.727. The number of amides is 1. The molecule has 0 spiro atoms. The number of rotatable bonds is 7. The Labute approximate surface area is 150 Å². The lowest BCUT2D eigenvalue weighted by atomic mass is 10.2. The van der Waals surface area contributed by atoms with Gasteiger partial charge in [-0.3, -0.25) is 9.69 Å². The highest BCUT2D eigenvalue weighted by Gasteiger charge is 2.33. The minimum atomic E-state index is -0.414. The molecule has 3 N–H and O–H groups in total. The summed E-state index contributed by atoms with van der Waals surface area (Å²) < 4.78 is 15.7. The molecule has 1 saturated heterocycles. The van der Waals surface area contributed by atoms with Gasteiger partial charge in [0.2, 0.25) is 0 Å². The van der Waals surface area contributed by atoms with Gasteiger partial charge in [-0.05, 0) is 17.7 Å². The van der Waals surface area contributed by atoms with Crippen molar-refractivity contribution in [1.82, 2.24) is 4.98 Å². The van der Waals surface area contributed by atoms with E-state index in [9.17, 15) is 9.59 Å². The summed E-state index contributed by atoms with van der Waals surface area (Å²) >= 11 is 0. The molecule has 26 heavy (non-hydrogen) atoms. The molecule has 2 aromatic rings. The predicted octanol–water partition coefficient (Wildman–Crippen LogP) is 1.59. The summed E-state index contributed by atoms with van der Waals surface area (Å²) in [6, 6.07) is 7.44. The number of hydrogen-bond donors (Lipinski definition) is 2. The third-order valence-electron chi connectivity index (χ3n) is 4.13. The number of ether oxygens (including phenoxy) is 3. The molecule has 0 bridgehead atoms. The maximum atomic E-state index is 12.1. The molecule has 1 atom stereocenters. The summed E-state index contributed by atoms with van der Waals surface area (Å²) in [6.45, 7) is 1.03. The first kappa shape index (κ1) is 17.8. The van der Waals surface area contributed by atoms with Gasteiger partial charge in [0.15, 0.2) is 6.10 Å². The van der Waals surface area contributed by atoms with Gasteiger partial charge in [-0.25, -0.2) is 4.79 Å². The second-order valence-corrected chi connectivity index (χ2v) is 5.90. The van der Waals surface area contributed by atoms with Gasteiger partial charge in [-0.15, -0.1) is 0 Å². The van der Waals surface area contributed by atoms with Gasteiger partial charge < -0.3 is 24.9 Å². The van der Waals surface area contributed by atoms with Crippen LogP contribution in [0.4, 0.5) is 10.5 Å². The number of nitrogens with two attached hydrogens (primary N) is 1. The van der Waals surface area contributed by atoms with Crippen molar-refractivity contribution in [3.63, 3.8) is 0 Å². The van der Waals surface area contributed by atoms with Crippen LogP contribution < -0.4 is 15.4 Å². The third-order valence-corrected chi connectivity index (χ3v) is 4.13. The van der Waals surface area contributed by atoms with E-state index in [2.05, 4.69) is 9.72 Å². The normalized spacial score (nSPS) is 16.5. The van der Waals surface area contributed by atoms with Crippen molar-refractivity contribution in [2.24, 2.45) is 5.73 Å². The Kier molecular flexibility index (Phi) is 5.43. The lowest BCUT2D eigenvalue weighted by Crippen LogP contribution is -2.26. The highest BCUT2D eigenvalue weighted by Crippen LogP contribution is 2.24. The molecule has 1 aromatic carbocycles. The van der Waals surface area contributed by atoms with Crippen LogP contribution in [0.1, 0.15) is 11.1 Å². The fourth-order valence-electron chi connectivity index (χ4n) is 2.70. The van der Waals surface area contributed by atoms with Gasteiger partial charge >= 0.3 is 12.1 Å². The fourth-order valence-corrected chi connectivity index (χ4v) is 2.70. The Morgan fingerprint density at radius 2 is 2.12 bits per heavy atom. The topological polar surface area (TPSA) is 107 Å². The molecular formula is C18H21N3O5. The summed E-state index contributed by atoms with van der Waals surface area (Å²) in [5.41, 5.74) is 8.02. The highest BCUT2D eigenvalue weighted by molar-refractivity contribution is 5.89. The van der Waals surface area contributed by atoms with Crippen molar-refractivity contribution < 1.29 is 23.8 Å². The Morgan fingerprint density at radius 1 is 1.35 bits per heavy atom. The number of benzene rings is 1. The zero-order valence-electron chi connectivity index (χ0n) is 14.4. The summed E-state index contributed by atoms with van der Waals surface area (Å²) in [5, 5.41) is 0. The van der Waals surface area contributed by atoms with Crippen LogP contribution in [0.3, 0.4) is 0 Å². The number of nitrogens with one attached hydrogen (secondary N) is 1. The average Bonchev–Trinajstić information content (AvgIpc) is 3.26. The van der Waals surface area contributed by atoms with Crippen molar-refractivity contribution in [1.29, 1.82) is 0 Å². The second-order valence-electron chi connectivity index (χ2n) is 5.90. The van der Waals surface area contributed by atoms with Crippen LogP contribution in [0.25, 0.3) is 0 Å². The van der Waals surface area contributed by atoms with Crippen LogP contribution in [0.5, 0.6) is 5.75 Å². The second kappa shape index (κ2) is 7.92. The van der Waals surface area contributed by atoms with E-state index in [-0.39, 0.29) is 19.0 Å². The smallest absolute Gasteiger partial charge is 0.414 e. The SMILES string of the molecule is COC(=O)Cc1c[nH]cc1OCC1CN(c2ccc(CN)cc2)C(=O)O1. The van der Waals surface area contributed by atoms with Crippen molar-refractivity contribution in [2.45, 2.75) is 19.1 Å². The van der Waals surface area contributed by atoms with Crippen molar-refractivity contribution in [3.8, 4) is 5.75 Å². The maximum absolute atomic E-state index is 12.1. The zero-order valence-corrected chi connectivity index (χ0v) is 14.4. The van der Waals surface area contributed by atoms with Gasteiger partial charge in [0.25, 0.3) is 0 Å². The third kappa shape index (κ3) is 3.97. The first-order chi connectivity index (χ1) is 12.6. The Morgan fingerprint density at radius 3 is 2.81 bits per heavy atom. The van der Waals surface area contributed by atoms with E-state index in [4.69, 9.17) is 15.2 Å². The fraction of sp³-hybridized carbons (Fsp3) is 0.333. The Balaban J connectivity index is 1.58. The molecule has 0 aliphatic carbocycles. The van der Waals surface area contributed by atoms with Crippen LogP contribution in [0, 0.1) is 0 Å². The van der Waals surface area contributed by atoms with Gasteiger partial charge in [-0.2, -0.15) is 0 Å². The van der Waals surface area contributed by atoms with E-state index < -0.39 is 12.2 Å². The van der Waals surface area contributed by atoms with E-state index >= 15 is 0 Å². The number of aromatic nitrogens is 1. The van der Waals surface area contributed by atoms with E-state index in [1.54, 1.807) is 17.3 Å². The molecule has 1 fully saturated rings. The van der Waals surface area contributed by atoms with Crippen LogP contribution in [0.2, 0.25) is 0 Å². The number of nitrogens with zero attached hydrogens (tertiary/aromatic N) is 1. The number of cyclic esters (lactones) is 1. The molecule has 138 valence electrons. The molecule has 3 rings (SSSR count). The highest BCUT2D eigenvalue weighted by atomic mass is 16.6. The summed E-state index contributed by atoms with van der Waals surface area (Å²) in [7, 11) is 1.34. The number of methoxy groups -OCH3 is 1. The molecule has 1 aromatic heterocycles. The number of hydrogen-bond acceptors (Lipinski definition) is 6. The lowest BCUT2D eigenvalue weighted by Gasteiger charge is -2.13. The number of carbonyl (C=O) groups excluding carboxylic acids is 2. The van der Waals surface area contributed by atoms with Gasteiger partial charge in [0.1, 0.15) is 12.4 Å². The van der Waals surface area contributed by atoms with E-state index in [1.807, 2.05) is 24.3 Å². The van der Waals surface area contributed by atoms with Gasteiger partial charge in [0.05, 0.1) is 20.1 Å². The van der Waals surface area contributed by atoms with Crippen molar-refractivity contribution in [3.05, 3.63) is 47.8 Å². The number of esters is 1. The summed E-state index contributed by atoms with van der Waals surface area (Å²) in [4.78, 5) is 28.0. The number of anilines is 1. The molecule has 1 aliphatic heterocycles. The molecule has 8 heteroatoms. The standard InChI is InChI=1S/C18H21N3O5/c1-24-17(22)6-13-8-20-9-16(13)25-11-15-10-21(18(23)26-15)14-4-2-12(7-19)3-5-14/h2-5,8-9,15,20H,6-7,10-11,19H2,1H3. The first-order valence-corrected chi connectivity index (χ1v) is 8.23. The molecule has 0 radical (unpaired) electrons. The molecule has 1 aliphatic rings. The Hall–Kier alpha value is -3.00. The molecule has 2 heterocycles. The molecule has 1 unspecified atom stereocenters. The summed E-state index contributed by atoms with van der Waals surface area (Å²) in [6.07, 6.45) is 2.62. The van der Waals surface area contributed by atoms with Crippen molar-refractivity contribution in [2.75, 3.05) is 25.2 Å². The van der Waals surface area contributed by atoms with E-state index in [0.717, 1.165) is 11.3 Å². The lowest BCUT2D eigenvalue weighted by molar-refractivity contribution is -0.139. The van der Waals surface area contributed by atoms with Crippen LogP contribution in [-0.4, -0.2) is 43.4 Å². The zero-order chi connectivity index (χ0) is 18.5. The maximum Gasteiger partial charge on any atom is 0.414 e. The van der Waals surface area contributed by atoms with Crippen LogP contribution in [0.15, 0.2) is 36.7 Å².